The maximum Gasteiger partial charge on any atom is 0.335 e. The fourth-order valence-corrected chi connectivity index (χ4v) is 3.99. The smallest absolute Gasteiger partial charge is 0.335 e. The molecule has 0 spiro atoms. The first-order chi connectivity index (χ1) is 18.9. The van der Waals surface area contributed by atoms with Crippen LogP contribution in [0.3, 0.4) is 0 Å². The first-order valence-corrected chi connectivity index (χ1v) is 11.7. The highest BCUT2D eigenvalue weighted by Crippen LogP contribution is 2.37. The number of carboxylic acids is 1. The van der Waals surface area contributed by atoms with Gasteiger partial charge < -0.3 is 49.6 Å². The van der Waals surface area contributed by atoms with Crippen molar-refractivity contribution in [3.63, 3.8) is 0 Å². The number of rotatable bonds is 9. The molecule has 0 aliphatic heterocycles. The van der Waals surface area contributed by atoms with Gasteiger partial charge in [0.05, 0.1) is 14.2 Å². The summed E-state index contributed by atoms with van der Waals surface area (Å²) in [7, 11) is 2.64. The number of phenolic OH excluding ortho intramolecular Hbond substituents is 3. The number of aromatic hydroxyl groups is 3. The van der Waals surface area contributed by atoms with Gasteiger partial charge in [0.15, 0.2) is 28.6 Å². The van der Waals surface area contributed by atoms with Gasteiger partial charge in [-0.2, -0.15) is 0 Å². The predicted molar refractivity (Wildman–Crippen MR) is 137 cm³/mol. The van der Waals surface area contributed by atoms with Crippen molar-refractivity contribution in [3.05, 3.63) is 53.6 Å². The van der Waals surface area contributed by atoms with E-state index in [1.807, 2.05) is 0 Å². The van der Waals surface area contributed by atoms with E-state index in [0.717, 1.165) is 12.2 Å². The van der Waals surface area contributed by atoms with E-state index in [1.165, 1.54) is 56.7 Å². The third-order valence-corrected chi connectivity index (χ3v) is 6.10. The molecule has 0 unspecified atom stereocenters. The van der Waals surface area contributed by atoms with Crippen LogP contribution in [-0.2, 0) is 23.9 Å². The number of phenols is 3. The van der Waals surface area contributed by atoms with Crippen LogP contribution in [-0.4, -0.2) is 86.7 Å². The lowest BCUT2D eigenvalue weighted by atomic mass is 9.79. The summed E-state index contributed by atoms with van der Waals surface area (Å²) < 4.78 is 20.5. The highest BCUT2D eigenvalue weighted by atomic mass is 16.6. The van der Waals surface area contributed by atoms with Gasteiger partial charge in [-0.05, 0) is 47.5 Å². The normalized spacial score (nSPS) is 22.6. The number of hydrogen-bond donors (Lipinski definition) is 6. The van der Waals surface area contributed by atoms with Crippen LogP contribution in [0.4, 0.5) is 0 Å². The van der Waals surface area contributed by atoms with Crippen LogP contribution >= 0.6 is 0 Å². The topological polar surface area (TPSA) is 210 Å². The van der Waals surface area contributed by atoms with Crippen LogP contribution in [0.25, 0.3) is 12.2 Å². The summed E-state index contributed by atoms with van der Waals surface area (Å²) in [6.45, 7) is 0. The Morgan fingerprint density at radius 2 is 1.32 bits per heavy atom. The van der Waals surface area contributed by atoms with Crippen molar-refractivity contribution in [2.45, 2.75) is 36.8 Å². The zero-order valence-corrected chi connectivity index (χ0v) is 21.4. The first-order valence-electron chi connectivity index (χ1n) is 11.7. The van der Waals surface area contributed by atoms with E-state index in [4.69, 9.17) is 18.9 Å². The molecule has 40 heavy (non-hydrogen) atoms. The summed E-state index contributed by atoms with van der Waals surface area (Å²) in [6, 6.07) is 6.57. The Balaban J connectivity index is 1.74. The summed E-state index contributed by atoms with van der Waals surface area (Å²) in [4.78, 5) is 36.6. The molecule has 1 saturated carbocycles. The monoisotopic (exact) mass is 560 g/mol. The minimum absolute atomic E-state index is 0.0718. The average molecular weight is 561 g/mol. The van der Waals surface area contributed by atoms with Gasteiger partial charge in [-0.1, -0.05) is 6.07 Å². The summed E-state index contributed by atoms with van der Waals surface area (Å²) >= 11 is 0. The molecule has 4 atom stereocenters. The van der Waals surface area contributed by atoms with E-state index in [9.17, 15) is 45.0 Å². The third kappa shape index (κ3) is 7.01. The van der Waals surface area contributed by atoms with Crippen LogP contribution in [0.15, 0.2) is 42.5 Å². The summed E-state index contributed by atoms with van der Waals surface area (Å²) in [5.74, 6) is -4.60. The van der Waals surface area contributed by atoms with E-state index < -0.39 is 60.4 Å². The van der Waals surface area contributed by atoms with Crippen molar-refractivity contribution < 1.29 is 64.0 Å². The molecule has 1 fully saturated rings. The van der Waals surface area contributed by atoms with Gasteiger partial charge in [0.25, 0.3) is 0 Å². The predicted octanol–water partition coefficient (Wildman–Crippen LogP) is 1.34. The second kappa shape index (κ2) is 12.4. The number of benzene rings is 2. The lowest BCUT2D eigenvalue weighted by molar-refractivity contribution is -0.203. The molecular formula is C27H28O13. The molecule has 6 N–H and O–H groups in total. The molecule has 2 aromatic rings. The number of aliphatic hydroxyl groups is 2. The van der Waals surface area contributed by atoms with Gasteiger partial charge in [0, 0.05) is 25.0 Å². The fourth-order valence-electron chi connectivity index (χ4n) is 3.99. The van der Waals surface area contributed by atoms with Gasteiger partial charge in [-0.15, -0.1) is 0 Å². The van der Waals surface area contributed by atoms with Crippen LogP contribution in [0, 0.1) is 0 Å². The minimum Gasteiger partial charge on any atom is -0.504 e. The van der Waals surface area contributed by atoms with Crippen LogP contribution in [0.2, 0.25) is 0 Å². The summed E-state index contributed by atoms with van der Waals surface area (Å²) in [5, 5.41) is 59.8. The van der Waals surface area contributed by atoms with Gasteiger partial charge >= 0.3 is 17.9 Å². The molecule has 2 aromatic carbocycles. The minimum atomic E-state index is -2.48. The average Bonchev–Trinajstić information content (AvgIpc) is 2.91. The van der Waals surface area contributed by atoms with Crippen molar-refractivity contribution in [1.82, 2.24) is 0 Å². The molecule has 13 nitrogen and oxygen atoms in total. The molecule has 0 heterocycles. The molecule has 0 amide bonds. The Morgan fingerprint density at radius 3 is 1.77 bits per heavy atom. The van der Waals surface area contributed by atoms with Crippen LogP contribution < -0.4 is 9.47 Å². The molecule has 0 aromatic heterocycles. The number of methoxy groups -OCH3 is 2. The molecule has 0 radical (unpaired) electrons. The zero-order valence-electron chi connectivity index (χ0n) is 21.4. The molecule has 1 aliphatic rings. The van der Waals surface area contributed by atoms with Crippen LogP contribution in [0.1, 0.15) is 24.0 Å². The Bertz CT molecular complexity index is 1310. The molecule has 3 rings (SSSR count). The second-order valence-electron chi connectivity index (χ2n) is 8.88. The Morgan fingerprint density at radius 1 is 0.825 bits per heavy atom. The quantitative estimate of drug-likeness (QED) is 0.145. The van der Waals surface area contributed by atoms with Crippen LogP contribution in [0.5, 0.6) is 28.7 Å². The largest absolute Gasteiger partial charge is 0.504 e. The van der Waals surface area contributed by atoms with E-state index >= 15 is 0 Å². The van der Waals surface area contributed by atoms with E-state index in [2.05, 4.69) is 0 Å². The number of hydrogen-bond acceptors (Lipinski definition) is 12. The summed E-state index contributed by atoms with van der Waals surface area (Å²) in [5.41, 5.74) is -1.79. The number of aliphatic hydroxyl groups excluding tert-OH is 1. The number of carboxylic acid groups (broad SMARTS) is 1. The Labute approximate surface area is 227 Å². The molecule has 13 heteroatoms. The zero-order chi connectivity index (χ0) is 29.6. The van der Waals surface area contributed by atoms with E-state index in [1.54, 1.807) is 0 Å². The highest BCUT2D eigenvalue weighted by molar-refractivity contribution is 5.88. The third-order valence-electron chi connectivity index (χ3n) is 6.10. The maximum atomic E-state index is 12.5. The summed E-state index contributed by atoms with van der Waals surface area (Å²) in [6.07, 6.45) is -1.76. The first kappa shape index (κ1) is 29.8. The maximum absolute atomic E-state index is 12.5. The number of ether oxygens (including phenoxy) is 4. The van der Waals surface area contributed by atoms with Crippen molar-refractivity contribution in [2.24, 2.45) is 0 Å². The molecular weight excluding hydrogens is 532 g/mol. The Hall–Kier alpha value is -4.75. The van der Waals surface area contributed by atoms with Crippen molar-refractivity contribution >= 4 is 30.1 Å². The lowest BCUT2D eigenvalue weighted by Crippen LogP contribution is -2.58. The lowest BCUT2D eigenvalue weighted by Gasteiger charge is -2.40. The number of carbonyl (C=O) groups excluding carboxylic acids is 2. The van der Waals surface area contributed by atoms with E-state index in [0.29, 0.717) is 11.1 Å². The van der Waals surface area contributed by atoms with Gasteiger partial charge in [0.1, 0.15) is 18.3 Å². The van der Waals surface area contributed by atoms with Gasteiger partial charge in [-0.25, -0.2) is 14.4 Å². The van der Waals surface area contributed by atoms with Crippen molar-refractivity contribution in [3.8, 4) is 28.7 Å². The van der Waals surface area contributed by atoms with Crippen molar-refractivity contribution in [2.75, 3.05) is 14.2 Å². The number of esters is 2. The van der Waals surface area contributed by atoms with Gasteiger partial charge in [-0.3, -0.25) is 0 Å². The molecule has 214 valence electrons. The highest BCUT2D eigenvalue weighted by Gasteiger charge is 2.52. The molecule has 0 bridgehead atoms. The SMILES string of the molecule is COc1cc(/C=C/C(=O)O[C@@H]2C[C@@](O)(C(=O)O)C[C@@H](OC(=O)/C=C/c3ccc(O)c(O)c3)[C@@H]2O)cc(OC)c1O. The second-order valence-corrected chi connectivity index (χ2v) is 8.88. The number of carbonyl (C=O) groups is 3. The van der Waals surface area contributed by atoms with E-state index in [-0.39, 0.29) is 23.0 Å². The fraction of sp³-hybridized carbons (Fsp3) is 0.296. The van der Waals surface area contributed by atoms with Crippen molar-refractivity contribution in [1.29, 1.82) is 0 Å². The molecule has 0 saturated heterocycles. The number of aliphatic carboxylic acids is 1. The Kier molecular flexibility index (Phi) is 9.24. The van der Waals surface area contributed by atoms with Gasteiger partial charge in [0.2, 0.25) is 5.75 Å². The standard InChI is InChI=1S/C27H28O13/c1-37-18-10-15(11-19(38-2)24(18)32)5-8-23(31)40-21-13-27(36,26(34)35)12-20(25(21)33)39-22(30)7-4-14-3-6-16(28)17(29)9-14/h3-11,20-21,25,28-29,32-33,36H,12-13H2,1-2H3,(H,34,35)/b7-4+,8-5+/t20-,21-,25+,27-/m1/s1. The molecule has 1 aliphatic carbocycles.